The molecule has 1 aliphatic heterocycles. The molecule has 1 heterocycles. The van der Waals surface area contributed by atoms with Crippen molar-refractivity contribution in [2.24, 2.45) is 5.92 Å². The van der Waals surface area contributed by atoms with Gasteiger partial charge in [0.1, 0.15) is 6.04 Å². The molecule has 0 aliphatic carbocycles. The van der Waals surface area contributed by atoms with E-state index in [0.29, 0.717) is 13.0 Å². The summed E-state index contributed by atoms with van der Waals surface area (Å²) < 4.78 is 0. The van der Waals surface area contributed by atoms with Crippen molar-refractivity contribution < 1.29 is 14.7 Å². The van der Waals surface area contributed by atoms with Crippen LogP contribution in [0.3, 0.4) is 0 Å². The molecule has 0 radical (unpaired) electrons. The van der Waals surface area contributed by atoms with E-state index < -0.39 is 12.1 Å². The maximum absolute atomic E-state index is 12.6. The Kier molecular flexibility index (Phi) is 5.55. The van der Waals surface area contributed by atoms with Crippen LogP contribution in [0.2, 0.25) is 0 Å². The molecule has 0 saturated carbocycles. The number of benzene rings is 1. The summed E-state index contributed by atoms with van der Waals surface area (Å²) in [5.41, 5.74) is 0.855. The first-order valence-electron chi connectivity index (χ1n) is 7.80. The fourth-order valence-electron chi connectivity index (χ4n) is 2.94. The lowest BCUT2D eigenvalue weighted by molar-refractivity contribution is -0.139. The zero-order chi connectivity index (χ0) is 16.1. The number of nitrogens with one attached hydrogen (secondary N) is 1. The predicted octanol–water partition coefficient (Wildman–Crippen LogP) is 1.48. The molecule has 22 heavy (non-hydrogen) atoms. The van der Waals surface area contributed by atoms with Crippen molar-refractivity contribution in [3.05, 3.63) is 35.9 Å². The zero-order valence-electron chi connectivity index (χ0n) is 13.2. The topological polar surface area (TPSA) is 69.6 Å². The van der Waals surface area contributed by atoms with Gasteiger partial charge in [0.15, 0.2) is 0 Å². The summed E-state index contributed by atoms with van der Waals surface area (Å²) in [6.45, 7) is 4.33. The molecule has 1 aliphatic rings. The van der Waals surface area contributed by atoms with Gasteiger partial charge in [-0.1, -0.05) is 44.2 Å². The summed E-state index contributed by atoms with van der Waals surface area (Å²) in [4.78, 5) is 26.3. The van der Waals surface area contributed by atoms with E-state index in [9.17, 15) is 14.7 Å². The van der Waals surface area contributed by atoms with E-state index in [1.54, 1.807) is 4.90 Å². The molecule has 2 rings (SSSR count). The second-order valence-corrected chi connectivity index (χ2v) is 6.03. The molecule has 0 spiro atoms. The molecule has 0 aromatic heterocycles. The van der Waals surface area contributed by atoms with Crippen LogP contribution in [0, 0.1) is 5.92 Å². The predicted molar refractivity (Wildman–Crippen MR) is 84.0 cm³/mol. The minimum atomic E-state index is -0.479. The van der Waals surface area contributed by atoms with Gasteiger partial charge in [0.25, 0.3) is 0 Å². The molecule has 5 nitrogen and oxygen atoms in total. The molecule has 1 saturated heterocycles. The lowest BCUT2D eigenvalue weighted by Gasteiger charge is -2.31. The highest BCUT2D eigenvalue weighted by atomic mass is 16.3. The highest BCUT2D eigenvalue weighted by Crippen LogP contribution is 2.21. The fraction of sp³-hybridized carbons (Fsp3) is 0.529. The van der Waals surface area contributed by atoms with Gasteiger partial charge >= 0.3 is 0 Å². The molecular formula is C17H24N2O3. The summed E-state index contributed by atoms with van der Waals surface area (Å²) in [6, 6.07) is 8.43. The Labute approximate surface area is 131 Å². The molecule has 120 valence electrons. The average molecular weight is 304 g/mol. The van der Waals surface area contributed by atoms with Crippen molar-refractivity contribution in [2.45, 2.75) is 38.8 Å². The second kappa shape index (κ2) is 7.40. The van der Waals surface area contributed by atoms with E-state index in [-0.39, 0.29) is 24.3 Å². The first-order chi connectivity index (χ1) is 10.5. The molecular weight excluding hydrogens is 280 g/mol. The summed E-state index contributed by atoms with van der Waals surface area (Å²) in [5.74, 6) is -0.139. The Morgan fingerprint density at radius 2 is 2.00 bits per heavy atom. The van der Waals surface area contributed by atoms with E-state index in [0.717, 1.165) is 12.0 Å². The van der Waals surface area contributed by atoms with Gasteiger partial charge in [0, 0.05) is 13.0 Å². The van der Waals surface area contributed by atoms with Gasteiger partial charge in [-0.3, -0.25) is 9.59 Å². The SMILES string of the molecule is CC(C)C(C(=O)N[C@H](CO)c1ccccc1)N1CCCC1=O. The van der Waals surface area contributed by atoms with Crippen molar-refractivity contribution in [3.63, 3.8) is 0 Å². The van der Waals surface area contributed by atoms with Gasteiger partial charge < -0.3 is 15.3 Å². The standard InChI is InChI=1S/C17H24N2O3/c1-12(2)16(19-10-6-9-15(19)21)17(22)18-14(11-20)13-7-4-3-5-8-13/h3-5,7-8,12,14,16,20H,6,9-11H2,1-2H3,(H,18,22)/t14-,16?/m1/s1. The summed E-state index contributed by atoms with van der Waals surface area (Å²) in [5, 5.41) is 12.4. The first kappa shape index (κ1) is 16.5. The Hall–Kier alpha value is -1.88. The van der Waals surface area contributed by atoms with Gasteiger partial charge in [-0.05, 0) is 17.9 Å². The van der Waals surface area contributed by atoms with Crippen LogP contribution in [0.4, 0.5) is 0 Å². The number of likely N-dealkylation sites (tertiary alicyclic amines) is 1. The maximum atomic E-state index is 12.6. The number of amides is 2. The third kappa shape index (κ3) is 3.65. The van der Waals surface area contributed by atoms with Crippen LogP contribution in [0.5, 0.6) is 0 Å². The maximum Gasteiger partial charge on any atom is 0.243 e. The minimum absolute atomic E-state index is 0.0252. The van der Waals surface area contributed by atoms with Crippen molar-refractivity contribution in [1.29, 1.82) is 0 Å². The van der Waals surface area contributed by atoms with Gasteiger partial charge in [-0.2, -0.15) is 0 Å². The molecule has 2 N–H and O–H groups in total. The van der Waals surface area contributed by atoms with Gasteiger partial charge in [0.2, 0.25) is 11.8 Å². The third-order valence-corrected chi connectivity index (χ3v) is 4.05. The fourth-order valence-corrected chi connectivity index (χ4v) is 2.94. The normalized spacial score (nSPS) is 17.6. The lowest BCUT2D eigenvalue weighted by atomic mass is 10.0. The molecule has 1 fully saturated rings. The molecule has 1 unspecified atom stereocenters. The molecule has 5 heteroatoms. The highest BCUT2D eigenvalue weighted by molar-refractivity contribution is 5.89. The first-order valence-corrected chi connectivity index (χ1v) is 7.80. The third-order valence-electron chi connectivity index (χ3n) is 4.05. The summed E-state index contributed by atoms with van der Waals surface area (Å²) in [6.07, 6.45) is 1.32. The Morgan fingerprint density at radius 3 is 2.50 bits per heavy atom. The van der Waals surface area contributed by atoms with E-state index in [2.05, 4.69) is 5.32 Å². The van der Waals surface area contributed by atoms with E-state index >= 15 is 0 Å². The van der Waals surface area contributed by atoms with Crippen LogP contribution < -0.4 is 5.32 Å². The highest BCUT2D eigenvalue weighted by Gasteiger charge is 2.35. The number of nitrogens with zero attached hydrogens (tertiary/aromatic N) is 1. The largest absolute Gasteiger partial charge is 0.394 e. The minimum Gasteiger partial charge on any atom is -0.394 e. The number of hydrogen-bond acceptors (Lipinski definition) is 3. The van der Waals surface area contributed by atoms with Crippen LogP contribution in [0.25, 0.3) is 0 Å². The number of aliphatic hydroxyl groups is 1. The van der Waals surface area contributed by atoms with Crippen LogP contribution in [-0.4, -0.2) is 41.0 Å². The Balaban J connectivity index is 2.12. The van der Waals surface area contributed by atoms with Gasteiger partial charge in [-0.25, -0.2) is 0 Å². The number of carbonyl (C=O) groups is 2. The van der Waals surface area contributed by atoms with Crippen LogP contribution >= 0.6 is 0 Å². The van der Waals surface area contributed by atoms with Crippen molar-refractivity contribution in [2.75, 3.05) is 13.2 Å². The Bertz CT molecular complexity index is 516. The van der Waals surface area contributed by atoms with Crippen molar-refractivity contribution >= 4 is 11.8 Å². The van der Waals surface area contributed by atoms with E-state index in [1.165, 1.54) is 0 Å². The smallest absolute Gasteiger partial charge is 0.243 e. The molecule has 2 atom stereocenters. The number of carbonyl (C=O) groups excluding carboxylic acids is 2. The van der Waals surface area contributed by atoms with Crippen molar-refractivity contribution in [3.8, 4) is 0 Å². The van der Waals surface area contributed by atoms with Crippen LogP contribution in [0.15, 0.2) is 30.3 Å². The van der Waals surface area contributed by atoms with E-state index in [4.69, 9.17) is 0 Å². The molecule has 1 aromatic carbocycles. The number of hydrogen-bond donors (Lipinski definition) is 2. The van der Waals surface area contributed by atoms with E-state index in [1.807, 2.05) is 44.2 Å². The zero-order valence-corrected chi connectivity index (χ0v) is 13.2. The molecule has 1 aromatic rings. The summed E-state index contributed by atoms with van der Waals surface area (Å²) in [7, 11) is 0. The van der Waals surface area contributed by atoms with Crippen LogP contribution in [0.1, 0.15) is 38.3 Å². The monoisotopic (exact) mass is 304 g/mol. The quantitative estimate of drug-likeness (QED) is 0.836. The number of aliphatic hydroxyl groups excluding tert-OH is 1. The molecule has 2 amide bonds. The summed E-state index contributed by atoms with van der Waals surface area (Å²) >= 11 is 0. The lowest BCUT2D eigenvalue weighted by Crippen LogP contribution is -2.51. The van der Waals surface area contributed by atoms with Gasteiger partial charge in [-0.15, -0.1) is 0 Å². The molecule has 0 bridgehead atoms. The van der Waals surface area contributed by atoms with Crippen LogP contribution in [-0.2, 0) is 9.59 Å². The average Bonchev–Trinajstić information content (AvgIpc) is 2.91. The Morgan fingerprint density at radius 1 is 1.32 bits per heavy atom. The van der Waals surface area contributed by atoms with Gasteiger partial charge in [0.05, 0.1) is 12.6 Å². The second-order valence-electron chi connectivity index (χ2n) is 6.03. The number of rotatable bonds is 6. The van der Waals surface area contributed by atoms with Crippen molar-refractivity contribution in [1.82, 2.24) is 10.2 Å².